The summed E-state index contributed by atoms with van der Waals surface area (Å²) >= 11 is 0. The zero-order valence-corrected chi connectivity index (χ0v) is 9.10. The Balaban J connectivity index is 1.65. The SMILES string of the molecule is C1=NN=C(C2C3CC4CC(C3)CC2C4)C1. The van der Waals surface area contributed by atoms with Crippen molar-refractivity contribution in [3.8, 4) is 0 Å². The number of hydrogen-bond donors (Lipinski definition) is 0. The Kier molecular flexibility index (Phi) is 1.66. The largest absolute Gasteiger partial charge is 0.163 e. The van der Waals surface area contributed by atoms with Gasteiger partial charge in [-0.05, 0) is 55.8 Å². The van der Waals surface area contributed by atoms with Crippen molar-refractivity contribution in [3.63, 3.8) is 0 Å². The zero-order chi connectivity index (χ0) is 9.83. The lowest BCUT2D eigenvalue weighted by Crippen LogP contribution is -2.47. The summed E-state index contributed by atoms with van der Waals surface area (Å²) in [7, 11) is 0. The van der Waals surface area contributed by atoms with E-state index < -0.39 is 0 Å². The van der Waals surface area contributed by atoms with Gasteiger partial charge in [-0.2, -0.15) is 10.2 Å². The first-order valence-corrected chi connectivity index (χ1v) is 6.48. The van der Waals surface area contributed by atoms with E-state index in [1.807, 2.05) is 6.21 Å². The fourth-order valence-corrected chi connectivity index (χ4v) is 4.96. The van der Waals surface area contributed by atoms with Gasteiger partial charge in [-0.15, -0.1) is 0 Å². The van der Waals surface area contributed by atoms with Gasteiger partial charge in [0.05, 0.1) is 0 Å². The van der Waals surface area contributed by atoms with Crippen LogP contribution in [0.15, 0.2) is 10.2 Å². The van der Waals surface area contributed by atoms with Crippen LogP contribution in [0.1, 0.15) is 38.5 Å². The van der Waals surface area contributed by atoms with E-state index in [0.29, 0.717) is 0 Å². The fraction of sp³-hybridized carbons (Fsp3) is 0.846. The Morgan fingerprint density at radius 1 is 0.933 bits per heavy atom. The molecule has 0 atom stereocenters. The molecule has 0 radical (unpaired) electrons. The third-order valence-electron chi connectivity index (χ3n) is 5.18. The van der Waals surface area contributed by atoms with Gasteiger partial charge in [-0.1, -0.05) is 0 Å². The molecule has 0 saturated heterocycles. The smallest absolute Gasteiger partial charge is 0.0495 e. The van der Waals surface area contributed by atoms with Crippen molar-refractivity contribution in [2.45, 2.75) is 38.5 Å². The molecule has 1 heterocycles. The Bertz CT molecular complexity index is 314. The standard InChI is InChI=1S/C13H18N2/c1-2-14-15-12(1)13-10-4-8-3-9(6-10)7-11(13)5-8/h2,8-11,13H,1,3-7H2. The van der Waals surface area contributed by atoms with Crippen LogP contribution in [0, 0.1) is 29.6 Å². The van der Waals surface area contributed by atoms with Crippen molar-refractivity contribution >= 4 is 11.9 Å². The summed E-state index contributed by atoms with van der Waals surface area (Å²) in [5.41, 5.74) is 1.42. The second kappa shape index (κ2) is 2.93. The van der Waals surface area contributed by atoms with Crippen LogP contribution in [0.25, 0.3) is 0 Å². The minimum atomic E-state index is 0.820. The molecule has 1 aliphatic heterocycles. The van der Waals surface area contributed by atoms with E-state index in [1.54, 1.807) is 6.42 Å². The highest BCUT2D eigenvalue weighted by Gasteiger charge is 2.49. The summed E-state index contributed by atoms with van der Waals surface area (Å²) in [6.45, 7) is 0. The molecule has 5 rings (SSSR count). The predicted molar refractivity (Wildman–Crippen MR) is 61.1 cm³/mol. The van der Waals surface area contributed by atoms with Crippen molar-refractivity contribution in [2.75, 3.05) is 0 Å². The molecule has 80 valence electrons. The normalized spacial score (nSPS) is 51.2. The van der Waals surface area contributed by atoms with Crippen molar-refractivity contribution < 1.29 is 0 Å². The number of nitrogens with zero attached hydrogens (tertiary/aromatic N) is 2. The maximum absolute atomic E-state index is 4.37. The van der Waals surface area contributed by atoms with Gasteiger partial charge in [0, 0.05) is 24.3 Å². The topological polar surface area (TPSA) is 24.7 Å². The first-order valence-electron chi connectivity index (χ1n) is 6.48. The van der Waals surface area contributed by atoms with Gasteiger partial charge in [0.15, 0.2) is 0 Å². The van der Waals surface area contributed by atoms with E-state index in [1.165, 1.54) is 31.4 Å². The molecule has 0 aromatic heterocycles. The molecule has 15 heavy (non-hydrogen) atoms. The monoisotopic (exact) mass is 202 g/mol. The summed E-state index contributed by atoms with van der Waals surface area (Å²) < 4.78 is 0. The first kappa shape index (κ1) is 8.49. The quantitative estimate of drug-likeness (QED) is 0.624. The second-order valence-electron chi connectivity index (χ2n) is 6.05. The molecule has 0 aromatic rings. The molecular weight excluding hydrogens is 184 g/mol. The summed E-state index contributed by atoms with van der Waals surface area (Å²) in [5, 5.41) is 8.43. The molecule has 4 saturated carbocycles. The van der Waals surface area contributed by atoms with Crippen LogP contribution >= 0.6 is 0 Å². The second-order valence-corrected chi connectivity index (χ2v) is 6.05. The molecule has 4 bridgehead atoms. The molecule has 0 amide bonds. The summed E-state index contributed by atoms with van der Waals surface area (Å²) in [4.78, 5) is 0. The number of hydrogen-bond acceptors (Lipinski definition) is 2. The molecule has 0 spiro atoms. The van der Waals surface area contributed by atoms with Gasteiger partial charge in [0.1, 0.15) is 0 Å². The van der Waals surface area contributed by atoms with Crippen molar-refractivity contribution in [2.24, 2.45) is 39.8 Å². The van der Waals surface area contributed by atoms with Crippen LogP contribution in [0.3, 0.4) is 0 Å². The molecule has 2 nitrogen and oxygen atoms in total. The van der Waals surface area contributed by atoms with E-state index in [9.17, 15) is 0 Å². The molecule has 0 N–H and O–H groups in total. The third-order valence-corrected chi connectivity index (χ3v) is 5.18. The van der Waals surface area contributed by atoms with Crippen molar-refractivity contribution in [1.29, 1.82) is 0 Å². The minimum absolute atomic E-state index is 0.820. The van der Waals surface area contributed by atoms with Crippen molar-refractivity contribution in [1.82, 2.24) is 0 Å². The van der Waals surface area contributed by atoms with Gasteiger partial charge >= 0.3 is 0 Å². The predicted octanol–water partition coefficient (Wildman–Crippen LogP) is 2.89. The highest BCUT2D eigenvalue weighted by molar-refractivity contribution is 6.00. The van der Waals surface area contributed by atoms with Gasteiger partial charge in [-0.25, -0.2) is 0 Å². The lowest BCUT2D eigenvalue weighted by molar-refractivity contribution is -0.00859. The van der Waals surface area contributed by atoms with Gasteiger partial charge in [-0.3, -0.25) is 0 Å². The molecular formula is C13H18N2. The maximum Gasteiger partial charge on any atom is 0.0495 e. The fourth-order valence-electron chi connectivity index (χ4n) is 4.96. The Hall–Kier alpha value is -0.660. The minimum Gasteiger partial charge on any atom is -0.163 e. The molecule has 4 fully saturated rings. The Morgan fingerprint density at radius 2 is 1.60 bits per heavy atom. The molecule has 5 aliphatic rings. The average Bonchev–Trinajstić information content (AvgIpc) is 2.69. The summed E-state index contributed by atoms with van der Waals surface area (Å²) in [6, 6.07) is 0. The maximum atomic E-state index is 4.37. The van der Waals surface area contributed by atoms with Crippen LogP contribution in [-0.4, -0.2) is 11.9 Å². The summed E-state index contributed by atoms with van der Waals surface area (Å²) in [6.07, 6.45) is 10.6. The van der Waals surface area contributed by atoms with E-state index in [0.717, 1.165) is 36.0 Å². The van der Waals surface area contributed by atoms with Crippen LogP contribution in [-0.2, 0) is 0 Å². The molecule has 2 heteroatoms. The average molecular weight is 202 g/mol. The lowest BCUT2D eigenvalue weighted by Gasteiger charge is -2.54. The van der Waals surface area contributed by atoms with E-state index in [-0.39, 0.29) is 0 Å². The van der Waals surface area contributed by atoms with Crippen molar-refractivity contribution in [3.05, 3.63) is 0 Å². The van der Waals surface area contributed by atoms with E-state index >= 15 is 0 Å². The highest BCUT2D eigenvalue weighted by atomic mass is 15.2. The van der Waals surface area contributed by atoms with Gasteiger partial charge < -0.3 is 0 Å². The lowest BCUT2D eigenvalue weighted by atomic mass is 9.51. The molecule has 0 aromatic carbocycles. The van der Waals surface area contributed by atoms with Gasteiger partial charge in [0.25, 0.3) is 0 Å². The van der Waals surface area contributed by atoms with Gasteiger partial charge in [0.2, 0.25) is 0 Å². The van der Waals surface area contributed by atoms with E-state index in [2.05, 4.69) is 10.2 Å². The third kappa shape index (κ3) is 1.17. The van der Waals surface area contributed by atoms with Crippen LogP contribution in [0.5, 0.6) is 0 Å². The Labute approximate surface area is 90.9 Å². The zero-order valence-electron chi connectivity index (χ0n) is 9.10. The molecule has 4 aliphatic carbocycles. The van der Waals surface area contributed by atoms with Crippen LogP contribution in [0.2, 0.25) is 0 Å². The molecule has 0 unspecified atom stereocenters. The Morgan fingerprint density at radius 3 is 2.13 bits per heavy atom. The number of rotatable bonds is 1. The first-order chi connectivity index (χ1) is 7.40. The van der Waals surface area contributed by atoms with Crippen LogP contribution in [0.4, 0.5) is 0 Å². The summed E-state index contributed by atoms with van der Waals surface area (Å²) in [5.74, 6) is 4.92. The highest BCUT2D eigenvalue weighted by Crippen LogP contribution is 2.57. The van der Waals surface area contributed by atoms with Crippen LogP contribution < -0.4 is 0 Å². The van der Waals surface area contributed by atoms with E-state index in [4.69, 9.17) is 0 Å².